The zero-order valence-corrected chi connectivity index (χ0v) is 8.54. The molecular formula is C10H8N4O3. The first-order chi connectivity index (χ1) is 8.09. The number of phenolic OH excluding ortho intramolecular Hbond substituents is 1. The van der Waals surface area contributed by atoms with Crippen molar-refractivity contribution in [2.45, 2.75) is 0 Å². The number of aromatic hydroxyl groups is 1. The van der Waals surface area contributed by atoms with Gasteiger partial charge in [-0.05, 0) is 12.1 Å². The molecule has 0 saturated carbocycles. The molecule has 1 amide bonds. The van der Waals surface area contributed by atoms with E-state index < -0.39 is 11.7 Å². The summed E-state index contributed by atoms with van der Waals surface area (Å²) >= 11 is 0. The number of H-pyrrole nitrogens is 1. The molecule has 0 spiro atoms. The van der Waals surface area contributed by atoms with Crippen LogP contribution in [0.5, 0.6) is 5.75 Å². The van der Waals surface area contributed by atoms with Crippen LogP contribution in [0.3, 0.4) is 0 Å². The molecule has 7 heteroatoms. The Labute approximate surface area is 95.3 Å². The first-order valence-corrected chi connectivity index (χ1v) is 4.64. The van der Waals surface area contributed by atoms with Gasteiger partial charge in [0, 0.05) is 0 Å². The minimum Gasteiger partial charge on any atom is -0.507 e. The molecule has 17 heavy (non-hydrogen) atoms. The van der Waals surface area contributed by atoms with Gasteiger partial charge in [-0.25, -0.2) is 0 Å². The summed E-state index contributed by atoms with van der Waals surface area (Å²) < 4.78 is 0. The van der Waals surface area contributed by atoms with Crippen LogP contribution >= 0.6 is 0 Å². The molecule has 0 radical (unpaired) electrons. The summed E-state index contributed by atoms with van der Waals surface area (Å²) in [6.07, 6.45) is 0. The highest BCUT2D eigenvalue weighted by atomic mass is 16.3. The van der Waals surface area contributed by atoms with Gasteiger partial charge in [-0.15, -0.1) is 5.10 Å². The lowest BCUT2D eigenvalue weighted by Crippen LogP contribution is -2.13. The molecule has 1 aromatic carbocycles. The van der Waals surface area contributed by atoms with Gasteiger partial charge in [-0.1, -0.05) is 12.1 Å². The van der Waals surface area contributed by atoms with Crippen molar-refractivity contribution >= 4 is 11.7 Å². The molecule has 7 nitrogen and oxygen atoms in total. The van der Waals surface area contributed by atoms with Gasteiger partial charge in [0.15, 0.2) is 0 Å². The van der Waals surface area contributed by atoms with E-state index in [4.69, 9.17) is 5.73 Å². The fraction of sp³-hybridized carbons (Fsp3) is 0. The third-order valence-corrected chi connectivity index (χ3v) is 2.07. The molecule has 0 saturated heterocycles. The molecule has 0 fully saturated rings. The number of hydrogen-bond donors (Lipinski definition) is 3. The van der Waals surface area contributed by atoms with E-state index in [1.807, 2.05) is 0 Å². The molecule has 2 aromatic rings. The number of para-hydroxylation sites is 1. The van der Waals surface area contributed by atoms with E-state index in [1.54, 1.807) is 12.1 Å². The molecule has 4 N–H and O–H groups in total. The molecule has 86 valence electrons. The van der Waals surface area contributed by atoms with E-state index in [2.05, 4.69) is 15.2 Å². The number of hydrogen-bond acceptors (Lipinski definition) is 5. The Kier molecular flexibility index (Phi) is 2.57. The lowest BCUT2D eigenvalue weighted by Gasteiger charge is -1.98. The van der Waals surface area contributed by atoms with Crippen LogP contribution in [0.4, 0.5) is 0 Å². The van der Waals surface area contributed by atoms with Crippen LogP contribution < -0.4 is 5.73 Å². The normalized spacial score (nSPS) is 10.1. The Morgan fingerprint density at radius 2 is 2.00 bits per heavy atom. The maximum absolute atomic E-state index is 11.8. The fourth-order valence-electron chi connectivity index (χ4n) is 1.26. The standard InChI is InChI=1S/C10H8N4O3/c11-8(17)10-12-9(13-14-10)7(16)5-3-1-2-4-6(5)15/h1-4,15H,(H2,11,17)(H,12,13,14). The zero-order chi connectivity index (χ0) is 12.4. The quantitative estimate of drug-likeness (QED) is 0.634. The summed E-state index contributed by atoms with van der Waals surface area (Å²) in [5, 5.41) is 15.3. The Bertz CT molecular complexity index is 591. The lowest BCUT2D eigenvalue weighted by atomic mass is 10.1. The first kappa shape index (κ1) is 10.8. The smallest absolute Gasteiger partial charge is 0.286 e. The summed E-state index contributed by atoms with van der Waals surface area (Å²) in [6, 6.07) is 5.97. The molecule has 0 atom stereocenters. The number of ketones is 1. The Hall–Kier alpha value is -2.70. The van der Waals surface area contributed by atoms with Crippen LogP contribution in [-0.2, 0) is 0 Å². The van der Waals surface area contributed by atoms with E-state index in [9.17, 15) is 14.7 Å². The monoisotopic (exact) mass is 232 g/mol. The second-order valence-corrected chi connectivity index (χ2v) is 3.22. The zero-order valence-electron chi connectivity index (χ0n) is 8.54. The van der Waals surface area contributed by atoms with E-state index in [0.717, 1.165) is 0 Å². The van der Waals surface area contributed by atoms with Gasteiger partial charge < -0.3 is 10.8 Å². The summed E-state index contributed by atoms with van der Waals surface area (Å²) in [7, 11) is 0. The second-order valence-electron chi connectivity index (χ2n) is 3.22. The van der Waals surface area contributed by atoms with Crippen molar-refractivity contribution in [2.75, 3.05) is 0 Å². The number of rotatable bonds is 3. The van der Waals surface area contributed by atoms with Crippen molar-refractivity contribution < 1.29 is 14.7 Å². The largest absolute Gasteiger partial charge is 0.507 e. The summed E-state index contributed by atoms with van der Waals surface area (Å²) in [5.74, 6) is -2.01. The number of carbonyl (C=O) groups excluding carboxylic acids is 2. The number of nitrogens with zero attached hydrogens (tertiary/aromatic N) is 2. The van der Waals surface area contributed by atoms with E-state index in [-0.39, 0.29) is 23.0 Å². The van der Waals surface area contributed by atoms with Crippen molar-refractivity contribution in [2.24, 2.45) is 5.73 Å². The van der Waals surface area contributed by atoms with E-state index >= 15 is 0 Å². The van der Waals surface area contributed by atoms with Gasteiger partial charge in [0.1, 0.15) is 5.75 Å². The third kappa shape index (κ3) is 1.98. The Morgan fingerprint density at radius 1 is 1.29 bits per heavy atom. The average Bonchev–Trinajstić information content (AvgIpc) is 2.78. The number of benzene rings is 1. The SMILES string of the molecule is NC(=O)c1nc(C(=O)c2ccccc2O)n[nH]1. The number of carbonyl (C=O) groups is 2. The Balaban J connectivity index is 2.37. The number of nitrogens with one attached hydrogen (secondary N) is 1. The summed E-state index contributed by atoms with van der Waals surface area (Å²) in [5.41, 5.74) is 5.02. The minimum absolute atomic E-state index is 0.0579. The summed E-state index contributed by atoms with van der Waals surface area (Å²) in [4.78, 5) is 26.2. The maximum atomic E-state index is 11.8. The van der Waals surface area contributed by atoms with Crippen molar-refractivity contribution in [3.8, 4) is 5.75 Å². The number of amides is 1. The first-order valence-electron chi connectivity index (χ1n) is 4.64. The predicted octanol–water partition coefficient (Wildman–Crippen LogP) is -0.160. The molecular weight excluding hydrogens is 224 g/mol. The van der Waals surface area contributed by atoms with Crippen LogP contribution in [0.15, 0.2) is 24.3 Å². The topological polar surface area (TPSA) is 122 Å². The molecule has 0 aliphatic heterocycles. The van der Waals surface area contributed by atoms with Gasteiger partial charge in [-0.3, -0.25) is 14.7 Å². The number of aromatic amines is 1. The van der Waals surface area contributed by atoms with Crippen LogP contribution in [0.25, 0.3) is 0 Å². The van der Waals surface area contributed by atoms with E-state index in [0.29, 0.717) is 0 Å². The molecule has 0 bridgehead atoms. The highest BCUT2D eigenvalue weighted by Crippen LogP contribution is 2.18. The van der Waals surface area contributed by atoms with Crippen molar-refractivity contribution in [1.82, 2.24) is 15.2 Å². The maximum Gasteiger partial charge on any atom is 0.286 e. The molecule has 0 aliphatic carbocycles. The average molecular weight is 232 g/mol. The van der Waals surface area contributed by atoms with Gasteiger partial charge in [0.2, 0.25) is 17.4 Å². The van der Waals surface area contributed by atoms with Gasteiger partial charge >= 0.3 is 0 Å². The number of nitrogens with two attached hydrogens (primary N) is 1. The highest BCUT2D eigenvalue weighted by molar-refractivity contribution is 6.08. The number of phenols is 1. The van der Waals surface area contributed by atoms with Crippen LogP contribution in [-0.4, -0.2) is 32.0 Å². The molecule has 0 aliphatic rings. The third-order valence-electron chi connectivity index (χ3n) is 2.07. The Morgan fingerprint density at radius 3 is 2.59 bits per heavy atom. The summed E-state index contributed by atoms with van der Waals surface area (Å²) in [6.45, 7) is 0. The van der Waals surface area contributed by atoms with Crippen molar-refractivity contribution in [3.63, 3.8) is 0 Å². The van der Waals surface area contributed by atoms with Crippen molar-refractivity contribution in [3.05, 3.63) is 41.5 Å². The highest BCUT2D eigenvalue weighted by Gasteiger charge is 2.19. The number of primary amides is 1. The minimum atomic E-state index is -0.811. The van der Waals surface area contributed by atoms with Crippen LogP contribution in [0.2, 0.25) is 0 Å². The van der Waals surface area contributed by atoms with Crippen molar-refractivity contribution in [1.29, 1.82) is 0 Å². The van der Waals surface area contributed by atoms with Gasteiger partial charge in [0.05, 0.1) is 5.56 Å². The molecule has 1 aromatic heterocycles. The van der Waals surface area contributed by atoms with Crippen LogP contribution in [0.1, 0.15) is 26.8 Å². The molecule has 2 rings (SSSR count). The fourth-order valence-corrected chi connectivity index (χ4v) is 1.26. The molecule has 1 heterocycles. The number of aromatic nitrogens is 3. The lowest BCUT2D eigenvalue weighted by molar-refractivity contribution is 0.0991. The van der Waals surface area contributed by atoms with E-state index in [1.165, 1.54) is 12.1 Å². The second kappa shape index (κ2) is 4.05. The van der Waals surface area contributed by atoms with Gasteiger partial charge in [-0.2, -0.15) is 4.98 Å². The van der Waals surface area contributed by atoms with Gasteiger partial charge in [0.25, 0.3) is 5.91 Å². The predicted molar refractivity (Wildman–Crippen MR) is 56.4 cm³/mol. The molecule has 0 unspecified atom stereocenters. The van der Waals surface area contributed by atoms with Crippen LogP contribution in [0, 0.1) is 0 Å².